The Bertz CT molecular complexity index is 1030. The summed E-state index contributed by atoms with van der Waals surface area (Å²) in [7, 11) is 0. The summed E-state index contributed by atoms with van der Waals surface area (Å²) in [6.07, 6.45) is 6.23. The van der Waals surface area contributed by atoms with Crippen molar-refractivity contribution < 1.29 is 0 Å². The summed E-state index contributed by atoms with van der Waals surface area (Å²) in [6, 6.07) is 21.3. The summed E-state index contributed by atoms with van der Waals surface area (Å²) in [4.78, 5) is 3.66. The van der Waals surface area contributed by atoms with Crippen molar-refractivity contribution in [2.45, 2.75) is 24.1 Å². The molecule has 0 unspecified atom stereocenters. The van der Waals surface area contributed by atoms with Gasteiger partial charge in [0.1, 0.15) is 5.25 Å². The second-order valence-corrected chi connectivity index (χ2v) is 8.52. The lowest BCUT2D eigenvalue weighted by Gasteiger charge is -2.41. The molecule has 3 aliphatic rings. The van der Waals surface area contributed by atoms with Gasteiger partial charge < -0.3 is 4.90 Å². The van der Waals surface area contributed by atoms with Gasteiger partial charge in [0.25, 0.3) is 0 Å². The van der Waals surface area contributed by atoms with Gasteiger partial charge in [-0.05, 0) is 41.3 Å². The molecule has 3 heterocycles. The molecule has 0 saturated carbocycles. The van der Waals surface area contributed by atoms with E-state index in [1.165, 1.54) is 33.0 Å². The molecule has 27 heavy (non-hydrogen) atoms. The van der Waals surface area contributed by atoms with Crippen molar-refractivity contribution in [2.24, 2.45) is 0 Å². The van der Waals surface area contributed by atoms with Gasteiger partial charge in [-0.1, -0.05) is 60.1 Å². The predicted octanol–water partition coefficient (Wildman–Crippen LogP) is 6.09. The molecule has 0 saturated heterocycles. The van der Waals surface area contributed by atoms with E-state index in [0.717, 1.165) is 17.9 Å². The van der Waals surface area contributed by atoms with E-state index in [2.05, 4.69) is 59.5 Å². The first-order valence-electron chi connectivity index (χ1n) is 9.06. The Balaban J connectivity index is 1.69. The lowest BCUT2D eigenvalue weighted by molar-refractivity contribution is 0.330. The molecule has 0 spiro atoms. The van der Waals surface area contributed by atoms with Crippen molar-refractivity contribution in [1.29, 1.82) is 5.26 Å². The second kappa shape index (κ2) is 6.64. The maximum Gasteiger partial charge on any atom is 0.117 e. The van der Waals surface area contributed by atoms with E-state index < -0.39 is 0 Å². The lowest BCUT2D eigenvalue weighted by atomic mass is 10.00. The highest BCUT2D eigenvalue weighted by atomic mass is 35.5. The molecule has 0 N–H and O–H groups in total. The Morgan fingerprint density at radius 1 is 1.04 bits per heavy atom. The second-order valence-electron chi connectivity index (χ2n) is 6.93. The minimum Gasteiger partial charge on any atom is -0.338 e. The number of benzene rings is 2. The smallest absolute Gasteiger partial charge is 0.117 e. The van der Waals surface area contributed by atoms with Crippen LogP contribution in [0.2, 0.25) is 5.02 Å². The van der Waals surface area contributed by atoms with E-state index in [0.29, 0.717) is 0 Å². The van der Waals surface area contributed by atoms with Crippen molar-refractivity contribution >= 4 is 33.8 Å². The summed E-state index contributed by atoms with van der Waals surface area (Å²) < 4.78 is 0. The highest BCUT2D eigenvalue weighted by Gasteiger charge is 2.43. The first kappa shape index (κ1) is 16.7. The average molecular weight is 389 g/mol. The largest absolute Gasteiger partial charge is 0.338 e. The van der Waals surface area contributed by atoms with Gasteiger partial charge in [-0.15, -0.1) is 11.8 Å². The maximum absolute atomic E-state index is 9.83. The third kappa shape index (κ3) is 2.72. The van der Waals surface area contributed by atoms with Gasteiger partial charge in [-0.25, -0.2) is 0 Å². The number of allylic oxidation sites excluding steroid dienone is 2. The Labute approximate surface area is 168 Å². The zero-order chi connectivity index (χ0) is 18.4. The van der Waals surface area contributed by atoms with Gasteiger partial charge in [0, 0.05) is 27.7 Å². The van der Waals surface area contributed by atoms with Crippen LogP contribution in [0.3, 0.4) is 0 Å². The molecule has 4 heteroatoms. The summed E-state index contributed by atoms with van der Waals surface area (Å²) >= 11 is 7.82. The first-order chi connectivity index (χ1) is 13.3. The standard InChI is InChI=1S/C23H17ClN2S/c24-17-11-9-15(10-12-17)18-13-21-23(16-5-2-1-3-6-16)27-22(14-25)20-8-4-7-19(18)26(20)21/h1-7,9-12,20,22H,8,13H2/t20-,22-/m0/s1. The van der Waals surface area contributed by atoms with Gasteiger partial charge in [-0.3, -0.25) is 0 Å². The van der Waals surface area contributed by atoms with Crippen molar-refractivity contribution in [3.05, 3.63) is 94.3 Å². The molecule has 2 aromatic rings. The fraction of sp³-hybridized carbons (Fsp3) is 0.174. The molecule has 2 atom stereocenters. The number of thioether (sulfide) groups is 1. The van der Waals surface area contributed by atoms with Gasteiger partial charge in [0.2, 0.25) is 0 Å². The first-order valence-corrected chi connectivity index (χ1v) is 10.3. The third-order valence-corrected chi connectivity index (χ3v) is 7.03. The minimum atomic E-state index is -0.0755. The van der Waals surface area contributed by atoms with E-state index in [1.54, 1.807) is 11.8 Å². The Kier molecular flexibility index (Phi) is 4.11. The van der Waals surface area contributed by atoms with Gasteiger partial charge in [0.05, 0.1) is 12.1 Å². The number of nitriles is 1. The SMILES string of the molecule is N#C[C@@H]1SC(c2ccccc2)=C2CC(c3ccc(Cl)cc3)=C3C=CC[C@@H]1N32. The van der Waals surface area contributed by atoms with E-state index in [1.807, 2.05) is 18.2 Å². The van der Waals surface area contributed by atoms with Crippen LogP contribution in [0, 0.1) is 11.3 Å². The van der Waals surface area contributed by atoms with Crippen LogP contribution in [-0.4, -0.2) is 16.2 Å². The van der Waals surface area contributed by atoms with Gasteiger partial charge >= 0.3 is 0 Å². The van der Waals surface area contributed by atoms with Crippen molar-refractivity contribution in [2.75, 3.05) is 0 Å². The molecule has 0 radical (unpaired) electrons. The quantitative estimate of drug-likeness (QED) is 0.622. The van der Waals surface area contributed by atoms with Crippen LogP contribution >= 0.6 is 23.4 Å². The molecule has 5 rings (SSSR count). The van der Waals surface area contributed by atoms with Crippen LogP contribution < -0.4 is 0 Å². The molecule has 0 amide bonds. The number of hydrogen-bond acceptors (Lipinski definition) is 3. The van der Waals surface area contributed by atoms with Crippen molar-refractivity contribution in [1.82, 2.24) is 4.90 Å². The van der Waals surface area contributed by atoms with Crippen LogP contribution in [0.15, 0.2) is 78.1 Å². The number of rotatable bonds is 2. The molecule has 0 aliphatic carbocycles. The number of nitrogens with zero attached hydrogens (tertiary/aromatic N) is 2. The van der Waals surface area contributed by atoms with Crippen LogP contribution in [0.4, 0.5) is 0 Å². The summed E-state index contributed by atoms with van der Waals surface area (Å²) in [5.74, 6) is 0. The number of halogens is 1. The Hall–Kier alpha value is -2.41. The Morgan fingerprint density at radius 2 is 1.81 bits per heavy atom. The normalized spacial score (nSPS) is 23.5. The summed E-state index contributed by atoms with van der Waals surface area (Å²) in [5, 5.41) is 10.5. The minimum absolute atomic E-state index is 0.0755. The fourth-order valence-corrected chi connectivity index (χ4v) is 5.58. The topological polar surface area (TPSA) is 27.0 Å². The molecule has 0 bridgehead atoms. The number of hydrogen-bond donors (Lipinski definition) is 0. The molecule has 0 fully saturated rings. The van der Waals surface area contributed by atoms with E-state index in [-0.39, 0.29) is 11.3 Å². The monoisotopic (exact) mass is 388 g/mol. The maximum atomic E-state index is 9.83. The van der Waals surface area contributed by atoms with Gasteiger partial charge in [0.15, 0.2) is 0 Å². The van der Waals surface area contributed by atoms with Crippen LogP contribution in [-0.2, 0) is 0 Å². The lowest BCUT2D eigenvalue weighted by Crippen LogP contribution is -2.42. The zero-order valence-corrected chi connectivity index (χ0v) is 16.2. The average Bonchev–Trinajstić information content (AvgIpc) is 3.11. The molecule has 2 nitrogen and oxygen atoms in total. The predicted molar refractivity (Wildman–Crippen MR) is 113 cm³/mol. The Morgan fingerprint density at radius 3 is 2.56 bits per heavy atom. The highest BCUT2D eigenvalue weighted by molar-refractivity contribution is 8.09. The van der Waals surface area contributed by atoms with E-state index in [4.69, 9.17) is 11.6 Å². The molecular formula is C23H17ClN2S. The molecule has 2 aromatic carbocycles. The fourth-order valence-electron chi connectivity index (χ4n) is 4.18. The third-order valence-electron chi connectivity index (χ3n) is 5.40. The van der Waals surface area contributed by atoms with Crippen LogP contribution in [0.1, 0.15) is 24.0 Å². The molecule has 0 aromatic heterocycles. The zero-order valence-electron chi connectivity index (χ0n) is 14.6. The molecular weight excluding hydrogens is 372 g/mol. The molecule has 132 valence electrons. The highest BCUT2D eigenvalue weighted by Crippen LogP contribution is 2.53. The van der Waals surface area contributed by atoms with E-state index in [9.17, 15) is 5.26 Å². The van der Waals surface area contributed by atoms with E-state index >= 15 is 0 Å². The van der Waals surface area contributed by atoms with Crippen molar-refractivity contribution in [3.63, 3.8) is 0 Å². The van der Waals surface area contributed by atoms with Crippen LogP contribution in [0.25, 0.3) is 10.5 Å². The van der Waals surface area contributed by atoms with Gasteiger partial charge in [-0.2, -0.15) is 5.26 Å². The molecule has 3 aliphatic heterocycles. The summed E-state index contributed by atoms with van der Waals surface area (Å²) in [6.45, 7) is 0. The van der Waals surface area contributed by atoms with Crippen LogP contribution in [0.5, 0.6) is 0 Å². The van der Waals surface area contributed by atoms with Crippen molar-refractivity contribution in [3.8, 4) is 6.07 Å². The summed E-state index contributed by atoms with van der Waals surface area (Å²) in [5.41, 5.74) is 6.27.